The molecule has 0 spiro atoms. The first-order valence-corrected chi connectivity index (χ1v) is 7.10. The van der Waals surface area contributed by atoms with E-state index in [1.165, 1.54) is 0 Å². The molecule has 0 amide bonds. The van der Waals surface area contributed by atoms with E-state index < -0.39 is 6.10 Å². The minimum absolute atomic E-state index is 0.0914. The van der Waals surface area contributed by atoms with Gasteiger partial charge in [-0.3, -0.25) is 0 Å². The fraction of sp³-hybridized carbons (Fsp3) is 0.667. The predicted octanol–water partition coefficient (Wildman–Crippen LogP) is 1.74. The Balaban J connectivity index is 2.38. The molecule has 20 heavy (non-hydrogen) atoms. The number of aliphatic hydroxyl groups is 1. The van der Waals surface area contributed by atoms with Crippen molar-refractivity contribution >= 4 is 0 Å². The van der Waals surface area contributed by atoms with Gasteiger partial charge in [-0.25, -0.2) is 4.98 Å². The fourth-order valence-electron chi connectivity index (χ4n) is 1.62. The van der Waals surface area contributed by atoms with Crippen molar-refractivity contribution in [3.63, 3.8) is 0 Å². The van der Waals surface area contributed by atoms with Crippen LogP contribution in [0.3, 0.4) is 0 Å². The highest BCUT2D eigenvalue weighted by molar-refractivity contribution is 5.25. The molecule has 0 saturated carbocycles. The van der Waals surface area contributed by atoms with Crippen LogP contribution in [0.2, 0.25) is 0 Å². The lowest BCUT2D eigenvalue weighted by Gasteiger charge is -2.16. The Morgan fingerprint density at radius 3 is 2.65 bits per heavy atom. The molecule has 0 bridgehead atoms. The summed E-state index contributed by atoms with van der Waals surface area (Å²) in [6, 6.07) is 3.84. The summed E-state index contributed by atoms with van der Waals surface area (Å²) in [5.74, 6) is 0.642. The van der Waals surface area contributed by atoms with Gasteiger partial charge in [0.2, 0.25) is 5.88 Å². The standard InChI is InChI=1S/C15H26N2O3/c1-11(2)19-10-14(18)9-16-8-13-6-5-7-17-15(13)20-12(3)4/h5-7,11-12,14,16,18H,8-10H2,1-4H3. The Hall–Kier alpha value is -1.17. The van der Waals surface area contributed by atoms with E-state index in [1.807, 2.05) is 39.8 Å². The molecule has 0 aromatic carbocycles. The smallest absolute Gasteiger partial charge is 0.218 e. The Kier molecular flexibility index (Phi) is 7.51. The van der Waals surface area contributed by atoms with Gasteiger partial charge in [0.25, 0.3) is 0 Å². The Bertz CT molecular complexity index is 383. The highest BCUT2D eigenvalue weighted by atomic mass is 16.5. The molecule has 1 atom stereocenters. The van der Waals surface area contributed by atoms with Gasteiger partial charge < -0.3 is 19.9 Å². The monoisotopic (exact) mass is 282 g/mol. The van der Waals surface area contributed by atoms with Gasteiger partial charge >= 0.3 is 0 Å². The number of pyridine rings is 1. The van der Waals surface area contributed by atoms with Gasteiger partial charge in [-0.15, -0.1) is 0 Å². The van der Waals surface area contributed by atoms with E-state index in [1.54, 1.807) is 6.20 Å². The van der Waals surface area contributed by atoms with Crippen molar-refractivity contribution in [1.29, 1.82) is 0 Å². The van der Waals surface area contributed by atoms with Crippen molar-refractivity contribution in [3.05, 3.63) is 23.9 Å². The van der Waals surface area contributed by atoms with Crippen LogP contribution in [0.1, 0.15) is 33.3 Å². The predicted molar refractivity (Wildman–Crippen MR) is 78.8 cm³/mol. The molecule has 1 heterocycles. The molecule has 1 aromatic rings. The second kappa shape index (κ2) is 8.89. The lowest BCUT2D eigenvalue weighted by Crippen LogP contribution is -2.31. The van der Waals surface area contributed by atoms with Gasteiger partial charge in [-0.2, -0.15) is 0 Å². The van der Waals surface area contributed by atoms with Crippen LogP contribution in [0.4, 0.5) is 0 Å². The lowest BCUT2D eigenvalue weighted by molar-refractivity contribution is 0.00628. The topological polar surface area (TPSA) is 63.6 Å². The Labute approximate surface area is 121 Å². The van der Waals surface area contributed by atoms with Crippen LogP contribution in [0.15, 0.2) is 18.3 Å². The number of hydrogen-bond acceptors (Lipinski definition) is 5. The van der Waals surface area contributed by atoms with E-state index in [0.29, 0.717) is 25.6 Å². The molecule has 0 aliphatic rings. The third-order valence-electron chi connectivity index (χ3n) is 2.51. The molecule has 0 saturated heterocycles. The third kappa shape index (κ3) is 6.84. The average molecular weight is 282 g/mol. The molecule has 0 radical (unpaired) electrons. The molecule has 5 heteroatoms. The SMILES string of the molecule is CC(C)OCC(O)CNCc1cccnc1OC(C)C. The van der Waals surface area contributed by atoms with Crippen molar-refractivity contribution in [3.8, 4) is 5.88 Å². The number of ether oxygens (including phenoxy) is 2. The summed E-state index contributed by atoms with van der Waals surface area (Å²) in [4.78, 5) is 4.23. The largest absolute Gasteiger partial charge is 0.475 e. The summed E-state index contributed by atoms with van der Waals surface area (Å²) in [7, 11) is 0. The summed E-state index contributed by atoms with van der Waals surface area (Å²) in [5.41, 5.74) is 0.984. The van der Waals surface area contributed by atoms with Gasteiger partial charge in [0, 0.05) is 24.8 Å². The van der Waals surface area contributed by atoms with E-state index in [2.05, 4.69) is 10.3 Å². The second-order valence-electron chi connectivity index (χ2n) is 5.30. The maximum Gasteiger partial charge on any atom is 0.218 e. The highest BCUT2D eigenvalue weighted by Crippen LogP contribution is 2.15. The van der Waals surface area contributed by atoms with Crippen molar-refractivity contribution in [2.24, 2.45) is 0 Å². The first-order valence-electron chi connectivity index (χ1n) is 7.10. The van der Waals surface area contributed by atoms with Gasteiger partial charge in [0.1, 0.15) is 0 Å². The number of rotatable bonds is 9. The molecule has 5 nitrogen and oxygen atoms in total. The molecule has 0 aliphatic heterocycles. The number of nitrogens with one attached hydrogen (secondary N) is 1. The zero-order valence-electron chi connectivity index (χ0n) is 12.8. The van der Waals surface area contributed by atoms with E-state index in [0.717, 1.165) is 5.56 Å². The molecule has 1 unspecified atom stereocenters. The molecule has 1 rings (SSSR count). The van der Waals surface area contributed by atoms with E-state index >= 15 is 0 Å². The van der Waals surface area contributed by atoms with Crippen molar-refractivity contribution < 1.29 is 14.6 Å². The molecule has 0 fully saturated rings. The molecule has 114 valence electrons. The van der Waals surface area contributed by atoms with Crippen LogP contribution in [0.5, 0.6) is 5.88 Å². The third-order valence-corrected chi connectivity index (χ3v) is 2.51. The van der Waals surface area contributed by atoms with Gasteiger partial charge in [0.15, 0.2) is 0 Å². The second-order valence-corrected chi connectivity index (χ2v) is 5.30. The van der Waals surface area contributed by atoms with Crippen LogP contribution < -0.4 is 10.1 Å². The summed E-state index contributed by atoms with van der Waals surface area (Å²) in [5, 5.41) is 12.9. The minimum atomic E-state index is -0.511. The molecular weight excluding hydrogens is 256 g/mol. The van der Waals surface area contributed by atoms with Crippen LogP contribution >= 0.6 is 0 Å². The molecule has 1 aromatic heterocycles. The zero-order valence-corrected chi connectivity index (χ0v) is 12.8. The van der Waals surface area contributed by atoms with Crippen LogP contribution in [-0.4, -0.2) is 41.6 Å². The van der Waals surface area contributed by atoms with Crippen LogP contribution in [0.25, 0.3) is 0 Å². The number of aliphatic hydroxyl groups excluding tert-OH is 1. The normalized spacial score (nSPS) is 12.9. The number of hydrogen-bond donors (Lipinski definition) is 2. The Morgan fingerprint density at radius 1 is 1.25 bits per heavy atom. The van der Waals surface area contributed by atoms with Gasteiger partial charge in [0.05, 0.1) is 24.9 Å². The highest BCUT2D eigenvalue weighted by Gasteiger charge is 2.08. The quantitative estimate of drug-likeness (QED) is 0.722. The number of aromatic nitrogens is 1. The summed E-state index contributed by atoms with van der Waals surface area (Å²) < 4.78 is 11.0. The number of nitrogens with zero attached hydrogens (tertiary/aromatic N) is 1. The lowest BCUT2D eigenvalue weighted by atomic mass is 10.2. The summed E-state index contributed by atoms with van der Waals surface area (Å²) >= 11 is 0. The van der Waals surface area contributed by atoms with Crippen LogP contribution in [0, 0.1) is 0 Å². The average Bonchev–Trinajstić information content (AvgIpc) is 2.38. The van der Waals surface area contributed by atoms with E-state index in [4.69, 9.17) is 9.47 Å². The Morgan fingerprint density at radius 2 is 2.00 bits per heavy atom. The fourth-order valence-corrected chi connectivity index (χ4v) is 1.62. The molecule has 2 N–H and O–H groups in total. The maximum absolute atomic E-state index is 9.76. The van der Waals surface area contributed by atoms with Crippen molar-refractivity contribution in [1.82, 2.24) is 10.3 Å². The zero-order chi connectivity index (χ0) is 15.0. The first-order chi connectivity index (χ1) is 9.49. The minimum Gasteiger partial charge on any atom is -0.475 e. The van der Waals surface area contributed by atoms with E-state index in [9.17, 15) is 5.11 Å². The molecular formula is C15H26N2O3. The first kappa shape index (κ1) is 16.9. The van der Waals surface area contributed by atoms with E-state index in [-0.39, 0.29) is 12.2 Å². The van der Waals surface area contributed by atoms with Gasteiger partial charge in [-0.05, 0) is 33.8 Å². The maximum atomic E-state index is 9.76. The van der Waals surface area contributed by atoms with Gasteiger partial charge in [-0.1, -0.05) is 6.07 Å². The summed E-state index contributed by atoms with van der Waals surface area (Å²) in [6.07, 6.45) is 1.43. The van der Waals surface area contributed by atoms with Crippen LogP contribution in [-0.2, 0) is 11.3 Å². The summed E-state index contributed by atoms with van der Waals surface area (Å²) in [6.45, 7) is 9.26. The van der Waals surface area contributed by atoms with Crippen molar-refractivity contribution in [2.45, 2.75) is 52.6 Å². The molecule has 0 aliphatic carbocycles. The van der Waals surface area contributed by atoms with Crippen molar-refractivity contribution in [2.75, 3.05) is 13.2 Å².